The van der Waals surface area contributed by atoms with Crippen LogP contribution in [0.4, 0.5) is 5.69 Å². The van der Waals surface area contributed by atoms with E-state index < -0.39 is 11.5 Å². The number of carbonyl (C=O) groups is 3. The monoisotopic (exact) mass is 472 g/mol. The molecule has 7 nitrogen and oxygen atoms in total. The number of fused-ring (bicyclic) bond motifs is 1. The molecule has 4 rings (SSSR count). The maximum atomic E-state index is 14.1. The maximum absolute atomic E-state index is 14.1. The average Bonchev–Trinajstić information content (AvgIpc) is 3.21. The van der Waals surface area contributed by atoms with Gasteiger partial charge in [0.15, 0.2) is 11.2 Å². The first-order valence-electron chi connectivity index (χ1n) is 10.3. The lowest BCUT2D eigenvalue weighted by Crippen LogP contribution is -2.81. The van der Waals surface area contributed by atoms with E-state index in [0.29, 0.717) is 35.8 Å². The van der Waals surface area contributed by atoms with Crippen LogP contribution in [0.25, 0.3) is 10.1 Å². The summed E-state index contributed by atoms with van der Waals surface area (Å²) in [5.74, 6) is -1.36. The van der Waals surface area contributed by atoms with Crippen LogP contribution in [-0.2, 0) is 9.59 Å². The van der Waals surface area contributed by atoms with E-state index in [9.17, 15) is 14.4 Å². The number of pyridine rings is 1. The second-order valence-electron chi connectivity index (χ2n) is 8.10. The van der Waals surface area contributed by atoms with Gasteiger partial charge < -0.3 is 10.4 Å². The summed E-state index contributed by atoms with van der Waals surface area (Å²) in [6.07, 6.45) is 2.36. The third-order valence-corrected chi connectivity index (χ3v) is 7.52. The molecule has 2 aromatic heterocycles. The number of hydrogen-bond acceptors (Lipinski definition) is 5. The molecule has 2 N–H and O–H groups in total. The number of benzene rings is 1. The van der Waals surface area contributed by atoms with Crippen molar-refractivity contribution in [2.75, 3.05) is 13.1 Å². The van der Waals surface area contributed by atoms with E-state index in [1.165, 1.54) is 11.3 Å². The number of rotatable bonds is 7. The zero-order valence-corrected chi connectivity index (χ0v) is 19.1. The predicted molar refractivity (Wildman–Crippen MR) is 125 cm³/mol. The number of likely N-dealkylation sites (tertiary alicyclic amines) is 1. The fourth-order valence-electron chi connectivity index (χ4n) is 4.39. The van der Waals surface area contributed by atoms with Gasteiger partial charge in [-0.2, -0.15) is 0 Å². The second-order valence-corrected chi connectivity index (χ2v) is 9.40. The van der Waals surface area contributed by atoms with Gasteiger partial charge in [0.05, 0.1) is 24.7 Å². The van der Waals surface area contributed by atoms with Crippen LogP contribution < -0.4 is 9.80 Å². The summed E-state index contributed by atoms with van der Waals surface area (Å²) in [5.41, 5.74) is 0.119. The fraction of sp³-hybridized carbons (Fsp3) is 0.304. The highest BCUT2D eigenvalue weighted by Crippen LogP contribution is 2.47. The number of quaternary nitrogens is 1. The molecule has 0 radical (unpaired) electrons. The molecular formula is C23H23ClN3O4S+. The van der Waals surface area contributed by atoms with Gasteiger partial charge in [0.2, 0.25) is 0 Å². The quantitative estimate of drug-likeness (QED) is 0.304. The Morgan fingerprint density at radius 3 is 2.69 bits per heavy atom. The highest BCUT2D eigenvalue weighted by Gasteiger charge is 2.67. The Bertz CT molecular complexity index is 1200. The van der Waals surface area contributed by atoms with Crippen LogP contribution in [0, 0.1) is 0 Å². The van der Waals surface area contributed by atoms with E-state index >= 15 is 0 Å². The van der Waals surface area contributed by atoms with Crippen molar-refractivity contribution in [3.63, 3.8) is 0 Å². The number of hydrogen-bond donors (Lipinski definition) is 2. The molecule has 9 heteroatoms. The average molecular weight is 473 g/mol. The highest BCUT2D eigenvalue weighted by atomic mass is 35.5. The van der Waals surface area contributed by atoms with E-state index in [2.05, 4.69) is 10.3 Å². The van der Waals surface area contributed by atoms with Crippen molar-refractivity contribution >= 4 is 56.5 Å². The molecular weight excluding hydrogens is 450 g/mol. The summed E-state index contributed by atoms with van der Waals surface area (Å²) in [7, 11) is 0. The molecule has 3 aromatic rings. The summed E-state index contributed by atoms with van der Waals surface area (Å²) in [6.45, 7) is 2.46. The summed E-state index contributed by atoms with van der Waals surface area (Å²) >= 11 is 7.49. The summed E-state index contributed by atoms with van der Waals surface area (Å²) in [4.78, 5) is 42.4. The van der Waals surface area contributed by atoms with Gasteiger partial charge in [-0.05, 0) is 18.6 Å². The van der Waals surface area contributed by atoms with Crippen LogP contribution in [0.3, 0.4) is 0 Å². The zero-order chi connectivity index (χ0) is 22.9. The van der Waals surface area contributed by atoms with Crippen LogP contribution >= 0.6 is 22.9 Å². The summed E-state index contributed by atoms with van der Waals surface area (Å²) in [6, 6.07) is 11.1. The van der Waals surface area contributed by atoms with Crippen molar-refractivity contribution in [2.45, 2.75) is 31.7 Å². The Hall–Kier alpha value is -2.81. The van der Waals surface area contributed by atoms with E-state index in [-0.39, 0.29) is 29.3 Å². The molecule has 0 aliphatic carbocycles. The Morgan fingerprint density at radius 1 is 1.25 bits per heavy atom. The van der Waals surface area contributed by atoms with Crippen LogP contribution in [0.15, 0.2) is 48.0 Å². The Labute approximate surface area is 194 Å². The van der Waals surface area contributed by atoms with Crippen LogP contribution in [-0.4, -0.2) is 46.5 Å². The van der Waals surface area contributed by atoms with Crippen molar-refractivity contribution < 1.29 is 19.5 Å². The fourth-order valence-corrected chi connectivity index (χ4v) is 5.44. The topological polar surface area (TPSA) is 96.4 Å². The third kappa shape index (κ3) is 3.58. The van der Waals surface area contributed by atoms with Crippen molar-refractivity contribution in [2.24, 2.45) is 0 Å². The molecule has 0 spiro atoms. The Balaban J connectivity index is 1.74. The molecule has 3 heterocycles. The van der Waals surface area contributed by atoms with Crippen LogP contribution in [0.5, 0.6) is 0 Å². The number of carbonyl (C=O) groups excluding carboxylic acids is 2. The number of aromatic nitrogens is 1. The van der Waals surface area contributed by atoms with Crippen molar-refractivity contribution in [1.29, 1.82) is 0 Å². The standard InChI is InChI=1S/C23H22ClN3O4S/c1-23(22(31)25-11-4-7-20(28)29)10-12-27(23,15-8-9-19(24)26-13-15)21(30)17-14-32-18-6-3-2-5-16(17)18/h2-3,5-6,8-9,13-14H,4,7,10-12H2,1H3,(H-,25,28,29,31)/p+1. The number of carboxylic acid groups (broad SMARTS) is 1. The molecule has 2 atom stereocenters. The number of aliphatic carboxylic acids is 1. The number of nitrogens with zero attached hydrogens (tertiary/aromatic N) is 2. The molecule has 0 bridgehead atoms. The van der Waals surface area contributed by atoms with Gasteiger partial charge in [-0.25, -0.2) is 14.3 Å². The molecule has 1 aromatic carbocycles. The number of thiophene rings is 1. The normalized spacial score (nSPS) is 22.3. The van der Waals surface area contributed by atoms with Crippen LogP contribution in [0.1, 0.15) is 36.5 Å². The van der Waals surface area contributed by atoms with E-state index in [4.69, 9.17) is 16.7 Å². The SMILES string of the molecule is CC1(C(=O)NCCCC(=O)O)CC[N+]1(C(=O)c1csc2ccccc12)c1ccc(Cl)nc1. The second kappa shape index (κ2) is 8.61. The molecule has 166 valence electrons. The van der Waals surface area contributed by atoms with Gasteiger partial charge in [-0.1, -0.05) is 29.8 Å². The van der Waals surface area contributed by atoms with Crippen molar-refractivity contribution in [1.82, 2.24) is 14.8 Å². The molecule has 1 fully saturated rings. The van der Waals surface area contributed by atoms with Gasteiger partial charge in [0.25, 0.3) is 5.91 Å². The number of halogens is 1. The summed E-state index contributed by atoms with van der Waals surface area (Å²) in [5, 5.41) is 14.7. The van der Waals surface area contributed by atoms with E-state index in [1.807, 2.05) is 29.6 Å². The maximum Gasteiger partial charge on any atom is 0.353 e. The van der Waals surface area contributed by atoms with Crippen molar-refractivity contribution in [3.05, 3.63) is 58.7 Å². The molecule has 1 aliphatic rings. The smallest absolute Gasteiger partial charge is 0.353 e. The van der Waals surface area contributed by atoms with Gasteiger partial charge in [-0.3, -0.25) is 9.59 Å². The minimum atomic E-state index is -1.06. The molecule has 0 saturated carbocycles. The first kappa shape index (κ1) is 22.4. The molecule has 2 amide bonds. The minimum absolute atomic E-state index is 0.0298. The first-order valence-corrected chi connectivity index (χ1v) is 11.6. The predicted octanol–water partition coefficient (Wildman–Crippen LogP) is 4.24. The van der Waals surface area contributed by atoms with Gasteiger partial charge in [0.1, 0.15) is 5.15 Å². The van der Waals surface area contributed by atoms with Crippen LogP contribution in [0.2, 0.25) is 5.15 Å². The minimum Gasteiger partial charge on any atom is -0.481 e. The molecule has 2 unspecified atom stereocenters. The Kier molecular flexibility index (Phi) is 6.03. The third-order valence-electron chi connectivity index (χ3n) is 6.33. The van der Waals surface area contributed by atoms with Crippen molar-refractivity contribution in [3.8, 4) is 0 Å². The Morgan fingerprint density at radius 2 is 2.03 bits per heavy atom. The highest BCUT2D eigenvalue weighted by molar-refractivity contribution is 7.17. The molecule has 1 saturated heterocycles. The number of amides is 2. The lowest BCUT2D eigenvalue weighted by Gasteiger charge is -2.55. The van der Waals surface area contributed by atoms with Gasteiger partial charge >= 0.3 is 11.9 Å². The van der Waals surface area contributed by atoms with Gasteiger partial charge in [-0.15, -0.1) is 11.3 Å². The number of nitrogens with one attached hydrogen (secondary N) is 1. The van der Waals surface area contributed by atoms with Gasteiger partial charge in [0, 0.05) is 41.4 Å². The number of carboxylic acids is 1. The zero-order valence-electron chi connectivity index (χ0n) is 17.5. The molecule has 32 heavy (non-hydrogen) atoms. The molecule has 1 aliphatic heterocycles. The largest absolute Gasteiger partial charge is 0.481 e. The first-order chi connectivity index (χ1) is 15.3. The lowest BCUT2D eigenvalue weighted by atomic mass is 9.79. The lowest BCUT2D eigenvalue weighted by molar-refractivity contribution is -0.138. The van der Waals surface area contributed by atoms with E-state index in [1.54, 1.807) is 25.3 Å². The summed E-state index contributed by atoms with van der Waals surface area (Å²) < 4.78 is 0.812. The van der Waals surface area contributed by atoms with E-state index in [0.717, 1.165) is 10.1 Å².